The molecular formula is C13H10Cl2N2OS2. The summed E-state index contributed by atoms with van der Waals surface area (Å²) in [6, 6.07) is 8.68. The van der Waals surface area contributed by atoms with Crippen molar-refractivity contribution in [3.05, 3.63) is 50.1 Å². The van der Waals surface area contributed by atoms with Crippen LogP contribution in [-0.4, -0.2) is 17.9 Å². The zero-order valence-corrected chi connectivity index (χ0v) is 13.5. The topological polar surface area (TPSA) is 46.3 Å². The molecule has 1 aromatic carbocycles. The predicted molar refractivity (Wildman–Crippen MR) is 89.4 cm³/mol. The fraction of sp³-hybridized carbons (Fsp3) is 0.0769. The van der Waals surface area contributed by atoms with E-state index in [-0.39, 0.29) is 10.9 Å². The molecular weight excluding hydrogens is 335 g/mol. The van der Waals surface area contributed by atoms with E-state index in [0.717, 1.165) is 11.3 Å². The molecule has 0 atom stereocenters. The average Bonchev–Trinajstić information content (AvgIpc) is 2.76. The lowest BCUT2D eigenvalue weighted by molar-refractivity contribution is 0.0993. The Bertz CT molecular complexity index is 685. The highest BCUT2D eigenvalue weighted by Crippen LogP contribution is 2.32. The van der Waals surface area contributed by atoms with Crippen LogP contribution < -0.4 is 10.6 Å². The first-order chi connectivity index (χ1) is 9.40. The van der Waals surface area contributed by atoms with E-state index in [2.05, 4.69) is 0 Å². The van der Waals surface area contributed by atoms with Crippen molar-refractivity contribution in [2.24, 2.45) is 5.73 Å². The fourth-order valence-corrected chi connectivity index (χ4v) is 3.23. The van der Waals surface area contributed by atoms with Crippen LogP contribution in [0.2, 0.25) is 8.67 Å². The molecule has 1 heterocycles. The summed E-state index contributed by atoms with van der Waals surface area (Å²) < 4.78 is 0.848. The van der Waals surface area contributed by atoms with Gasteiger partial charge in [-0.25, -0.2) is 0 Å². The molecule has 0 bridgehead atoms. The van der Waals surface area contributed by atoms with Crippen LogP contribution in [0.1, 0.15) is 15.9 Å². The van der Waals surface area contributed by atoms with E-state index < -0.39 is 0 Å². The number of nitrogens with zero attached hydrogens (tertiary/aromatic N) is 1. The van der Waals surface area contributed by atoms with Crippen LogP contribution in [0.4, 0.5) is 5.69 Å². The lowest BCUT2D eigenvalue weighted by atomic mass is 10.2. The summed E-state index contributed by atoms with van der Waals surface area (Å²) in [4.78, 5) is 14.1. The SMILES string of the molecule is CN(C(=O)c1cc(Cl)sc1Cl)c1cccc(C(N)=S)c1. The van der Waals surface area contributed by atoms with Gasteiger partial charge in [-0.2, -0.15) is 0 Å². The summed E-state index contributed by atoms with van der Waals surface area (Å²) in [5, 5.41) is 0. The molecule has 2 rings (SSSR count). The molecule has 0 spiro atoms. The summed E-state index contributed by atoms with van der Waals surface area (Å²) in [6.45, 7) is 0. The third kappa shape index (κ3) is 3.12. The number of thiophene rings is 1. The molecule has 0 saturated heterocycles. The molecule has 0 radical (unpaired) electrons. The highest BCUT2D eigenvalue weighted by atomic mass is 35.5. The zero-order valence-electron chi connectivity index (χ0n) is 10.4. The molecule has 2 aromatic rings. The van der Waals surface area contributed by atoms with Gasteiger partial charge in [0.25, 0.3) is 5.91 Å². The molecule has 0 unspecified atom stereocenters. The molecule has 7 heteroatoms. The second-order valence-electron chi connectivity index (χ2n) is 4.02. The summed E-state index contributed by atoms with van der Waals surface area (Å²) in [7, 11) is 1.66. The molecule has 2 N–H and O–H groups in total. The van der Waals surface area contributed by atoms with Crippen LogP contribution in [0, 0.1) is 0 Å². The van der Waals surface area contributed by atoms with Crippen LogP contribution >= 0.6 is 46.8 Å². The van der Waals surface area contributed by atoms with Gasteiger partial charge in [0, 0.05) is 18.3 Å². The van der Waals surface area contributed by atoms with Crippen molar-refractivity contribution in [1.29, 1.82) is 0 Å². The van der Waals surface area contributed by atoms with Gasteiger partial charge in [-0.3, -0.25) is 4.79 Å². The monoisotopic (exact) mass is 344 g/mol. The largest absolute Gasteiger partial charge is 0.389 e. The normalized spacial score (nSPS) is 10.3. The fourth-order valence-electron chi connectivity index (χ4n) is 1.65. The Balaban J connectivity index is 2.33. The van der Waals surface area contributed by atoms with Gasteiger partial charge in [0.1, 0.15) is 9.32 Å². The van der Waals surface area contributed by atoms with Crippen molar-refractivity contribution in [3.8, 4) is 0 Å². The van der Waals surface area contributed by atoms with E-state index in [1.807, 2.05) is 0 Å². The Morgan fingerprint density at radius 2 is 2.05 bits per heavy atom. The quantitative estimate of drug-likeness (QED) is 0.857. The van der Waals surface area contributed by atoms with E-state index in [0.29, 0.717) is 25.5 Å². The van der Waals surface area contributed by atoms with Crippen LogP contribution in [0.3, 0.4) is 0 Å². The Hall–Kier alpha value is -1.14. The molecule has 0 aliphatic rings. The Kier molecular flexibility index (Phi) is 4.65. The molecule has 0 fully saturated rings. The number of anilines is 1. The van der Waals surface area contributed by atoms with Gasteiger partial charge >= 0.3 is 0 Å². The maximum atomic E-state index is 12.4. The van der Waals surface area contributed by atoms with Crippen molar-refractivity contribution in [2.75, 3.05) is 11.9 Å². The van der Waals surface area contributed by atoms with Crippen LogP contribution in [0.15, 0.2) is 30.3 Å². The average molecular weight is 345 g/mol. The maximum Gasteiger partial charge on any atom is 0.260 e. The number of halogens is 2. The summed E-state index contributed by atoms with van der Waals surface area (Å²) >= 11 is 17.9. The van der Waals surface area contributed by atoms with Crippen molar-refractivity contribution < 1.29 is 4.79 Å². The second-order valence-corrected chi connectivity index (χ2v) is 6.74. The van der Waals surface area contributed by atoms with E-state index in [4.69, 9.17) is 41.2 Å². The number of nitrogens with two attached hydrogens (primary N) is 1. The Morgan fingerprint density at radius 1 is 1.35 bits per heavy atom. The Labute approximate surface area is 135 Å². The number of hydrogen-bond donors (Lipinski definition) is 1. The maximum absolute atomic E-state index is 12.4. The van der Waals surface area contributed by atoms with Crippen LogP contribution in [0.25, 0.3) is 0 Å². The minimum atomic E-state index is -0.238. The number of rotatable bonds is 3. The summed E-state index contributed by atoms with van der Waals surface area (Å²) in [6.07, 6.45) is 0. The summed E-state index contributed by atoms with van der Waals surface area (Å²) in [5.41, 5.74) is 7.35. The van der Waals surface area contributed by atoms with Gasteiger partial charge in [0.2, 0.25) is 0 Å². The molecule has 1 aromatic heterocycles. The van der Waals surface area contributed by atoms with Crippen molar-refractivity contribution in [2.45, 2.75) is 0 Å². The van der Waals surface area contributed by atoms with Crippen LogP contribution in [-0.2, 0) is 0 Å². The molecule has 0 aliphatic carbocycles. The summed E-state index contributed by atoms with van der Waals surface area (Å²) in [5.74, 6) is -0.238. The third-order valence-corrected chi connectivity index (χ3v) is 4.43. The van der Waals surface area contributed by atoms with Gasteiger partial charge in [-0.15, -0.1) is 11.3 Å². The first-order valence-corrected chi connectivity index (χ1v) is 7.51. The minimum absolute atomic E-state index is 0.238. The third-order valence-electron chi connectivity index (χ3n) is 2.71. The van der Waals surface area contributed by atoms with Gasteiger partial charge in [0.05, 0.1) is 9.90 Å². The van der Waals surface area contributed by atoms with Crippen molar-refractivity contribution in [3.63, 3.8) is 0 Å². The minimum Gasteiger partial charge on any atom is -0.389 e. The number of amides is 1. The number of hydrogen-bond acceptors (Lipinski definition) is 3. The molecule has 0 saturated carbocycles. The first-order valence-electron chi connectivity index (χ1n) is 5.53. The smallest absolute Gasteiger partial charge is 0.260 e. The van der Waals surface area contributed by atoms with Gasteiger partial charge in [-0.05, 0) is 18.2 Å². The molecule has 0 aliphatic heterocycles. The van der Waals surface area contributed by atoms with Crippen molar-refractivity contribution in [1.82, 2.24) is 0 Å². The van der Waals surface area contributed by atoms with E-state index in [9.17, 15) is 4.79 Å². The molecule has 104 valence electrons. The lowest BCUT2D eigenvalue weighted by Crippen LogP contribution is -2.26. The lowest BCUT2D eigenvalue weighted by Gasteiger charge is -2.17. The Morgan fingerprint density at radius 3 is 2.60 bits per heavy atom. The van der Waals surface area contributed by atoms with E-state index in [1.165, 1.54) is 4.90 Å². The number of thiocarbonyl (C=S) groups is 1. The van der Waals surface area contributed by atoms with Gasteiger partial charge in [-0.1, -0.05) is 47.6 Å². The number of benzene rings is 1. The standard InChI is InChI=1S/C13H10Cl2N2OS2/c1-17(8-4-2-3-7(5-8)12(16)19)13(18)9-6-10(14)20-11(9)15/h2-6H,1H3,(H2,16,19). The highest BCUT2D eigenvalue weighted by Gasteiger charge is 2.19. The van der Waals surface area contributed by atoms with Gasteiger partial charge in [0.15, 0.2) is 0 Å². The van der Waals surface area contributed by atoms with Crippen molar-refractivity contribution >= 4 is 63.3 Å². The zero-order chi connectivity index (χ0) is 14.9. The highest BCUT2D eigenvalue weighted by molar-refractivity contribution is 7.80. The van der Waals surface area contributed by atoms with Gasteiger partial charge < -0.3 is 10.6 Å². The number of carbonyl (C=O) groups excluding carboxylic acids is 1. The second kappa shape index (κ2) is 6.10. The molecule has 1 amide bonds. The molecule has 3 nitrogen and oxygen atoms in total. The van der Waals surface area contributed by atoms with Crippen LogP contribution in [0.5, 0.6) is 0 Å². The first kappa shape index (κ1) is 15.3. The number of carbonyl (C=O) groups is 1. The van der Waals surface area contributed by atoms with E-state index >= 15 is 0 Å². The molecule has 20 heavy (non-hydrogen) atoms. The van der Waals surface area contributed by atoms with E-state index in [1.54, 1.807) is 37.4 Å². The predicted octanol–water partition coefficient (Wildman–Crippen LogP) is 3.97.